The van der Waals surface area contributed by atoms with Crippen LogP contribution in [0.5, 0.6) is 11.5 Å². The molecule has 154 valence electrons. The Morgan fingerprint density at radius 3 is 2.25 bits per heavy atom. The Hall–Kier alpha value is -2.94. The second-order valence-corrected chi connectivity index (χ2v) is 5.78. The average Bonchev–Trinajstić information content (AvgIpc) is 2.64. The second-order valence-electron chi connectivity index (χ2n) is 5.78. The molecule has 0 heterocycles. The molecule has 0 saturated heterocycles. The van der Waals surface area contributed by atoms with Crippen LogP contribution in [0.25, 0.3) is 0 Å². The highest BCUT2D eigenvalue weighted by molar-refractivity contribution is 5.76. The molecule has 1 aromatic rings. The van der Waals surface area contributed by atoms with Crippen molar-refractivity contribution < 1.29 is 38.1 Å². The molecular formula is C19H25NO8. The maximum Gasteiger partial charge on any atom is 0.323 e. The van der Waals surface area contributed by atoms with E-state index in [0.29, 0.717) is 5.56 Å². The van der Waals surface area contributed by atoms with Crippen molar-refractivity contribution in [1.29, 1.82) is 0 Å². The Labute approximate surface area is 163 Å². The summed E-state index contributed by atoms with van der Waals surface area (Å²) >= 11 is 0. The molecule has 28 heavy (non-hydrogen) atoms. The number of ether oxygens (including phenoxy) is 4. The van der Waals surface area contributed by atoms with Crippen LogP contribution in [-0.2, 0) is 35.1 Å². The average molecular weight is 395 g/mol. The zero-order valence-electron chi connectivity index (χ0n) is 16.4. The van der Waals surface area contributed by atoms with Crippen molar-refractivity contribution in [2.45, 2.75) is 39.7 Å². The molecule has 0 aromatic heterocycles. The van der Waals surface area contributed by atoms with Crippen LogP contribution in [0.2, 0.25) is 0 Å². The van der Waals surface area contributed by atoms with Crippen LogP contribution in [0.15, 0.2) is 18.2 Å². The summed E-state index contributed by atoms with van der Waals surface area (Å²) < 4.78 is 19.9. The van der Waals surface area contributed by atoms with Gasteiger partial charge >= 0.3 is 23.9 Å². The molecule has 0 unspecified atom stereocenters. The van der Waals surface area contributed by atoms with E-state index in [0.717, 1.165) is 0 Å². The standard InChI is InChI=1S/C19H25NO8/c1-5-18(23)26-9-8-20-15(19(24)25-4)10-14-6-7-16(27-12(2)21)17(11-14)28-13(3)22/h6-7,11,15,20H,5,8-10H2,1-4H3/t15-/m0/s1. The lowest BCUT2D eigenvalue weighted by atomic mass is 10.1. The number of carbonyl (C=O) groups is 4. The molecule has 0 bridgehead atoms. The molecule has 0 spiro atoms. The van der Waals surface area contributed by atoms with Crippen LogP contribution in [0.4, 0.5) is 0 Å². The normalized spacial score (nSPS) is 11.3. The highest BCUT2D eigenvalue weighted by atomic mass is 16.6. The van der Waals surface area contributed by atoms with Crippen molar-refractivity contribution in [3.8, 4) is 11.5 Å². The molecule has 9 heteroatoms. The monoisotopic (exact) mass is 395 g/mol. The van der Waals surface area contributed by atoms with Crippen molar-refractivity contribution in [3.63, 3.8) is 0 Å². The Morgan fingerprint density at radius 1 is 1.04 bits per heavy atom. The van der Waals surface area contributed by atoms with Crippen LogP contribution < -0.4 is 14.8 Å². The van der Waals surface area contributed by atoms with Gasteiger partial charge in [-0.25, -0.2) is 0 Å². The first-order valence-corrected chi connectivity index (χ1v) is 8.73. The van der Waals surface area contributed by atoms with Gasteiger partial charge in [-0.1, -0.05) is 13.0 Å². The topological polar surface area (TPSA) is 117 Å². The maximum atomic E-state index is 12.0. The van der Waals surface area contributed by atoms with Gasteiger partial charge in [0.2, 0.25) is 0 Å². The van der Waals surface area contributed by atoms with Crippen molar-refractivity contribution >= 4 is 23.9 Å². The maximum absolute atomic E-state index is 12.0. The molecular weight excluding hydrogens is 370 g/mol. The van der Waals surface area contributed by atoms with E-state index >= 15 is 0 Å². The van der Waals surface area contributed by atoms with E-state index in [1.54, 1.807) is 13.0 Å². The Morgan fingerprint density at radius 2 is 1.68 bits per heavy atom. The molecule has 1 atom stereocenters. The Balaban J connectivity index is 2.88. The van der Waals surface area contributed by atoms with Crippen molar-refractivity contribution in [1.82, 2.24) is 5.32 Å². The number of methoxy groups -OCH3 is 1. The lowest BCUT2D eigenvalue weighted by Gasteiger charge is -2.17. The van der Waals surface area contributed by atoms with Gasteiger partial charge in [0.1, 0.15) is 12.6 Å². The van der Waals surface area contributed by atoms with Gasteiger partial charge in [0, 0.05) is 26.8 Å². The van der Waals surface area contributed by atoms with Gasteiger partial charge in [0.15, 0.2) is 11.5 Å². The van der Waals surface area contributed by atoms with E-state index in [2.05, 4.69) is 5.32 Å². The van der Waals surface area contributed by atoms with Crippen LogP contribution >= 0.6 is 0 Å². The summed E-state index contributed by atoms with van der Waals surface area (Å²) in [4.78, 5) is 45.7. The summed E-state index contributed by atoms with van der Waals surface area (Å²) in [6.07, 6.45) is 0.483. The third kappa shape index (κ3) is 8.17. The summed E-state index contributed by atoms with van der Waals surface area (Å²) in [5.41, 5.74) is 0.639. The number of nitrogens with one attached hydrogen (secondary N) is 1. The van der Waals surface area contributed by atoms with Gasteiger partial charge < -0.3 is 24.3 Å². The fourth-order valence-electron chi connectivity index (χ4n) is 2.27. The van der Waals surface area contributed by atoms with Crippen molar-refractivity contribution in [2.24, 2.45) is 0 Å². The van der Waals surface area contributed by atoms with E-state index in [9.17, 15) is 19.2 Å². The molecule has 0 saturated carbocycles. The summed E-state index contributed by atoms with van der Waals surface area (Å²) in [6, 6.07) is 3.91. The molecule has 0 aliphatic carbocycles. The van der Waals surface area contributed by atoms with Gasteiger partial charge in [-0.3, -0.25) is 19.2 Å². The molecule has 0 aliphatic heterocycles. The summed E-state index contributed by atoms with van der Waals surface area (Å²) in [5, 5.41) is 2.96. The van der Waals surface area contributed by atoms with Crippen LogP contribution in [0, 0.1) is 0 Å². The largest absolute Gasteiger partial charge is 0.468 e. The van der Waals surface area contributed by atoms with Gasteiger partial charge in [-0.2, -0.15) is 0 Å². The minimum absolute atomic E-state index is 0.0701. The predicted octanol–water partition coefficient (Wildman–Crippen LogP) is 1.16. The SMILES string of the molecule is CCC(=O)OCCN[C@@H](Cc1ccc(OC(C)=O)c(OC(C)=O)c1)C(=O)OC. The van der Waals surface area contributed by atoms with E-state index in [-0.39, 0.29) is 43.5 Å². The first-order chi connectivity index (χ1) is 13.3. The minimum Gasteiger partial charge on any atom is -0.468 e. The molecule has 1 N–H and O–H groups in total. The number of benzene rings is 1. The molecule has 0 amide bonds. The third-order valence-electron chi connectivity index (χ3n) is 3.49. The fraction of sp³-hybridized carbons (Fsp3) is 0.474. The van der Waals surface area contributed by atoms with Gasteiger partial charge in [0.05, 0.1) is 7.11 Å². The molecule has 0 aliphatic rings. The highest BCUT2D eigenvalue weighted by Crippen LogP contribution is 2.29. The zero-order valence-corrected chi connectivity index (χ0v) is 16.4. The molecule has 1 rings (SSSR count). The number of carbonyl (C=O) groups excluding carboxylic acids is 4. The van der Waals surface area contributed by atoms with Crippen LogP contribution in [0.1, 0.15) is 32.8 Å². The quantitative estimate of drug-likeness (QED) is 0.354. The lowest BCUT2D eigenvalue weighted by Crippen LogP contribution is -2.41. The first-order valence-electron chi connectivity index (χ1n) is 8.73. The van der Waals surface area contributed by atoms with E-state index < -0.39 is 23.9 Å². The Kier molecular flexibility index (Phi) is 9.66. The van der Waals surface area contributed by atoms with Crippen molar-refractivity contribution in [2.75, 3.05) is 20.3 Å². The molecule has 0 radical (unpaired) electrons. The van der Waals surface area contributed by atoms with Gasteiger partial charge in [-0.05, 0) is 24.1 Å². The summed E-state index contributed by atoms with van der Waals surface area (Å²) in [7, 11) is 1.27. The number of rotatable bonds is 10. The Bertz CT molecular complexity index is 716. The first kappa shape index (κ1) is 23.1. The number of esters is 4. The minimum atomic E-state index is -0.713. The number of hydrogen-bond acceptors (Lipinski definition) is 9. The van der Waals surface area contributed by atoms with Crippen LogP contribution in [-0.4, -0.2) is 50.2 Å². The van der Waals surface area contributed by atoms with Gasteiger partial charge in [0.25, 0.3) is 0 Å². The third-order valence-corrected chi connectivity index (χ3v) is 3.49. The molecule has 0 fully saturated rings. The summed E-state index contributed by atoms with van der Waals surface area (Å²) in [5.74, 6) is -1.80. The van der Waals surface area contributed by atoms with E-state index in [4.69, 9.17) is 18.9 Å². The molecule has 9 nitrogen and oxygen atoms in total. The van der Waals surface area contributed by atoms with E-state index in [1.807, 2.05) is 0 Å². The highest BCUT2D eigenvalue weighted by Gasteiger charge is 2.21. The lowest BCUT2D eigenvalue weighted by molar-refractivity contribution is -0.144. The van der Waals surface area contributed by atoms with Crippen LogP contribution in [0.3, 0.4) is 0 Å². The van der Waals surface area contributed by atoms with Crippen molar-refractivity contribution in [3.05, 3.63) is 23.8 Å². The zero-order chi connectivity index (χ0) is 21.1. The van der Waals surface area contributed by atoms with Gasteiger partial charge in [-0.15, -0.1) is 0 Å². The molecule has 1 aromatic carbocycles. The van der Waals surface area contributed by atoms with E-state index in [1.165, 1.54) is 33.1 Å². The summed E-state index contributed by atoms with van der Waals surface area (Å²) in [6.45, 7) is 4.51. The second kappa shape index (κ2) is 11.7. The fourth-order valence-corrected chi connectivity index (χ4v) is 2.27. The smallest absolute Gasteiger partial charge is 0.323 e. The predicted molar refractivity (Wildman–Crippen MR) is 97.8 cm³/mol. The number of hydrogen-bond donors (Lipinski definition) is 1.